The van der Waals surface area contributed by atoms with Crippen molar-refractivity contribution in [3.63, 3.8) is 0 Å². The van der Waals surface area contributed by atoms with E-state index in [1.165, 1.54) is 6.20 Å². The lowest BCUT2D eigenvalue weighted by Crippen LogP contribution is -2.40. The van der Waals surface area contributed by atoms with Crippen molar-refractivity contribution in [3.8, 4) is 34.4 Å². The first-order chi connectivity index (χ1) is 25.7. The molecule has 3 aromatic carbocycles. The predicted octanol–water partition coefficient (Wildman–Crippen LogP) is 5.94. The van der Waals surface area contributed by atoms with Gasteiger partial charge in [0.2, 0.25) is 0 Å². The number of rotatable bonds is 20. The van der Waals surface area contributed by atoms with Crippen LogP contribution in [0.15, 0.2) is 72.1 Å². The molecule has 0 saturated carbocycles. The molecular formula is C39H48Cl2N8O4. The Morgan fingerprint density at radius 2 is 1.74 bits per heavy atom. The Balaban J connectivity index is 1.52. The summed E-state index contributed by atoms with van der Waals surface area (Å²) in [5, 5.41) is 26.3. The summed E-state index contributed by atoms with van der Waals surface area (Å²) in [4.78, 5) is 6.24. The van der Waals surface area contributed by atoms with E-state index in [9.17, 15) is 5.26 Å². The van der Waals surface area contributed by atoms with E-state index in [4.69, 9.17) is 54.2 Å². The summed E-state index contributed by atoms with van der Waals surface area (Å²) in [6.07, 6.45) is 4.71. The molecule has 4 aromatic rings. The number of hydrogen-bond acceptors (Lipinski definition) is 11. The molecule has 0 spiro atoms. The number of hydrazine groups is 1. The zero-order valence-corrected chi connectivity index (χ0v) is 31.9. The molecule has 0 amide bonds. The largest absolute Gasteiger partial charge is 0.492 e. The SMILES string of the molecule is Cc1c(COc2cc(OCc3cncc(C#N)c3)c(CN(C)CC(C)/C(=N/N)NN)cc2Cl)cccc1-c1cccc(OCCCNCCCO)c1Cl. The van der Waals surface area contributed by atoms with Crippen molar-refractivity contribution in [3.05, 3.63) is 105 Å². The topological polar surface area (TPSA) is 176 Å². The van der Waals surface area contributed by atoms with Crippen LogP contribution in [0.25, 0.3) is 11.1 Å². The Labute approximate surface area is 321 Å². The van der Waals surface area contributed by atoms with Crippen molar-refractivity contribution in [2.45, 2.75) is 46.4 Å². The molecule has 1 aromatic heterocycles. The fourth-order valence-corrected chi connectivity index (χ4v) is 6.30. The van der Waals surface area contributed by atoms with Crippen molar-refractivity contribution in [2.75, 3.05) is 39.9 Å². The number of aliphatic hydroxyl groups is 1. The highest BCUT2D eigenvalue weighted by Gasteiger charge is 2.18. The molecular weight excluding hydrogens is 715 g/mol. The van der Waals surface area contributed by atoms with Crippen LogP contribution in [-0.4, -0.2) is 60.7 Å². The van der Waals surface area contributed by atoms with E-state index in [1.807, 2.05) is 63.4 Å². The number of hydrazone groups is 1. The van der Waals surface area contributed by atoms with E-state index < -0.39 is 0 Å². The van der Waals surface area contributed by atoms with Crippen LogP contribution in [0.1, 0.15) is 47.6 Å². The van der Waals surface area contributed by atoms with Gasteiger partial charge in [0.05, 0.1) is 22.2 Å². The second-order valence-electron chi connectivity index (χ2n) is 12.7. The summed E-state index contributed by atoms with van der Waals surface area (Å²) in [5.41, 5.74) is 8.38. The van der Waals surface area contributed by atoms with Gasteiger partial charge in [0.25, 0.3) is 0 Å². The van der Waals surface area contributed by atoms with Gasteiger partial charge in [-0.3, -0.25) is 4.98 Å². The van der Waals surface area contributed by atoms with Crippen molar-refractivity contribution in [2.24, 2.45) is 22.7 Å². The first kappa shape index (κ1) is 41.2. The first-order valence-electron chi connectivity index (χ1n) is 17.4. The monoisotopic (exact) mass is 762 g/mol. The molecule has 0 bridgehead atoms. The maximum absolute atomic E-state index is 9.34. The third kappa shape index (κ3) is 11.9. The van der Waals surface area contributed by atoms with Crippen LogP contribution in [0.5, 0.6) is 17.2 Å². The van der Waals surface area contributed by atoms with Crippen LogP contribution in [0.2, 0.25) is 10.0 Å². The van der Waals surface area contributed by atoms with Gasteiger partial charge in [-0.25, -0.2) is 5.84 Å². The zero-order chi connectivity index (χ0) is 38.2. The molecule has 1 atom stereocenters. The number of nitrogens with one attached hydrogen (secondary N) is 2. The number of hydrogen-bond donors (Lipinski definition) is 5. The van der Waals surface area contributed by atoms with Crippen LogP contribution in [-0.2, 0) is 19.8 Å². The third-order valence-electron chi connectivity index (χ3n) is 8.56. The summed E-state index contributed by atoms with van der Waals surface area (Å²) in [7, 11) is 1.97. The number of nitrogens with zero attached hydrogens (tertiary/aromatic N) is 4. The number of halogens is 2. The molecule has 1 heterocycles. The normalized spacial score (nSPS) is 12.0. The lowest BCUT2D eigenvalue weighted by molar-refractivity contribution is 0.271. The average Bonchev–Trinajstić information content (AvgIpc) is 3.15. The van der Waals surface area contributed by atoms with Crippen molar-refractivity contribution >= 4 is 29.0 Å². The maximum Gasteiger partial charge on any atom is 0.142 e. The van der Waals surface area contributed by atoms with Gasteiger partial charge in [0.1, 0.15) is 42.4 Å². The van der Waals surface area contributed by atoms with Crippen molar-refractivity contribution < 1.29 is 19.3 Å². The van der Waals surface area contributed by atoms with E-state index in [0.29, 0.717) is 58.4 Å². The predicted molar refractivity (Wildman–Crippen MR) is 210 cm³/mol. The fraction of sp³-hybridized carbons (Fsp3) is 0.359. The van der Waals surface area contributed by atoms with Crippen LogP contribution in [0, 0.1) is 24.2 Å². The summed E-state index contributed by atoms with van der Waals surface area (Å²) < 4.78 is 18.7. The molecule has 1 unspecified atom stereocenters. The molecule has 0 aliphatic rings. The van der Waals surface area contributed by atoms with Gasteiger partial charge in [-0.05, 0) is 74.8 Å². The lowest BCUT2D eigenvalue weighted by Gasteiger charge is -2.24. The highest BCUT2D eigenvalue weighted by molar-refractivity contribution is 6.35. The third-order valence-corrected chi connectivity index (χ3v) is 9.25. The molecule has 53 heavy (non-hydrogen) atoms. The molecule has 12 nitrogen and oxygen atoms in total. The Morgan fingerprint density at radius 1 is 0.981 bits per heavy atom. The number of nitriles is 1. The minimum atomic E-state index is -0.0585. The summed E-state index contributed by atoms with van der Waals surface area (Å²) >= 11 is 13.7. The Bertz CT molecular complexity index is 1870. The van der Waals surface area contributed by atoms with Crippen LogP contribution < -0.4 is 36.6 Å². The van der Waals surface area contributed by atoms with Gasteiger partial charge in [-0.2, -0.15) is 10.4 Å². The molecule has 0 radical (unpaired) electrons. The number of nitrogens with two attached hydrogens (primary N) is 2. The van der Waals surface area contributed by atoms with E-state index in [2.05, 4.69) is 31.8 Å². The van der Waals surface area contributed by atoms with Crippen LogP contribution in [0.4, 0.5) is 0 Å². The van der Waals surface area contributed by atoms with Gasteiger partial charge >= 0.3 is 0 Å². The standard InChI is InChI=1S/C39H48Cl2N8O4/c1-26(39(47-43)48-44)22-49(3)23-31-17-34(40)37(18-36(31)52-24-29-16-28(19-42)20-46-21-29)53-25-30-8-4-9-32(27(30)2)33-10-5-11-35(38(33)41)51-15-7-13-45-12-6-14-50/h4-5,8-11,16-18,20-21,26,45,50H,6-7,12-15,22-25,43-44H2,1-3H3,(H,47,48). The van der Waals surface area contributed by atoms with E-state index in [-0.39, 0.29) is 25.7 Å². The minimum Gasteiger partial charge on any atom is -0.492 e. The van der Waals surface area contributed by atoms with Gasteiger partial charge in [0, 0.05) is 60.8 Å². The number of ether oxygens (including phenoxy) is 3. The van der Waals surface area contributed by atoms with E-state index in [0.717, 1.165) is 59.3 Å². The molecule has 282 valence electrons. The minimum absolute atomic E-state index is 0.0585. The number of aromatic nitrogens is 1. The van der Waals surface area contributed by atoms with Crippen LogP contribution in [0.3, 0.4) is 0 Å². The number of aliphatic hydroxyl groups excluding tert-OH is 1. The Kier molecular flexibility index (Phi) is 16.4. The first-order valence-corrected chi connectivity index (χ1v) is 18.1. The number of amidine groups is 1. The smallest absolute Gasteiger partial charge is 0.142 e. The van der Waals surface area contributed by atoms with E-state index >= 15 is 0 Å². The number of pyridine rings is 1. The highest BCUT2D eigenvalue weighted by atomic mass is 35.5. The molecule has 4 rings (SSSR count). The highest BCUT2D eigenvalue weighted by Crippen LogP contribution is 2.39. The van der Waals surface area contributed by atoms with Gasteiger partial charge < -0.3 is 40.8 Å². The average molecular weight is 764 g/mol. The Morgan fingerprint density at radius 3 is 2.49 bits per heavy atom. The second kappa shape index (κ2) is 21.2. The summed E-state index contributed by atoms with van der Waals surface area (Å²) in [6.45, 7) is 7.78. The van der Waals surface area contributed by atoms with Crippen molar-refractivity contribution in [1.29, 1.82) is 5.26 Å². The lowest BCUT2D eigenvalue weighted by atomic mass is 9.96. The summed E-state index contributed by atoms with van der Waals surface area (Å²) in [5.74, 6) is 13.1. The van der Waals surface area contributed by atoms with Gasteiger partial charge in [-0.1, -0.05) is 60.5 Å². The maximum atomic E-state index is 9.34. The summed E-state index contributed by atoms with van der Waals surface area (Å²) in [6, 6.07) is 19.3. The molecule has 0 aliphatic carbocycles. The molecule has 14 heteroatoms. The molecule has 7 N–H and O–H groups in total. The second-order valence-corrected chi connectivity index (χ2v) is 13.4. The van der Waals surface area contributed by atoms with E-state index in [1.54, 1.807) is 18.3 Å². The zero-order valence-electron chi connectivity index (χ0n) is 30.4. The molecule has 0 aliphatic heterocycles. The Hall–Kier alpha value is -4.61. The van der Waals surface area contributed by atoms with Gasteiger partial charge in [-0.15, -0.1) is 0 Å². The fourth-order valence-electron chi connectivity index (χ4n) is 5.78. The van der Waals surface area contributed by atoms with Gasteiger partial charge in [0.15, 0.2) is 0 Å². The molecule has 0 fully saturated rings. The van der Waals surface area contributed by atoms with Crippen LogP contribution >= 0.6 is 23.2 Å². The van der Waals surface area contributed by atoms with Crippen molar-refractivity contribution in [1.82, 2.24) is 20.6 Å². The number of benzene rings is 3. The quantitative estimate of drug-likeness (QED) is 0.0237. The molecule has 0 saturated heterocycles.